The van der Waals surface area contributed by atoms with Gasteiger partial charge in [-0.15, -0.1) is 0 Å². The predicted octanol–water partition coefficient (Wildman–Crippen LogP) is 3.30. The van der Waals surface area contributed by atoms with E-state index in [4.69, 9.17) is 9.47 Å². The number of nitrogens with zero attached hydrogens (tertiary/aromatic N) is 2. The second-order valence-corrected chi connectivity index (χ2v) is 6.02. The second kappa shape index (κ2) is 5.69. The fourth-order valence-corrected chi connectivity index (χ4v) is 2.00. The van der Waals surface area contributed by atoms with E-state index in [0.717, 1.165) is 18.4 Å². The monoisotopic (exact) mass is 278 g/mol. The van der Waals surface area contributed by atoms with Crippen molar-refractivity contribution < 1.29 is 14.3 Å². The Morgan fingerprint density at radius 2 is 2.15 bits per heavy atom. The third-order valence-electron chi connectivity index (χ3n) is 2.87. The van der Waals surface area contributed by atoms with Gasteiger partial charge >= 0.3 is 6.09 Å². The highest BCUT2D eigenvalue weighted by Gasteiger charge is 2.27. The molecule has 0 radical (unpaired) electrons. The molecule has 0 bridgehead atoms. The topological polar surface area (TPSA) is 51.7 Å². The first-order valence-electron chi connectivity index (χ1n) is 6.97. The average Bonchev–Trinajstić information content (AvgIpc) is 2.28. The molecule has 0 spiro atoms. The summed E-state index contributed by atoms with van der Waals surface area (Å²) in [6, 6.07) is 1.91. The molecule has 2 rings (SSSR count). The summed E-state index contributed by atoms with van der Waals surface area (Å²) in [6.07, 6.45) is 3.14. The van der Waals surface area contributed by atoms with E-state index in [0.29, 0.717) is 24.7 Å². The maximum atomic E-state index is 12.3. The van der Waals surface area contributed by atoms with Crippen LogP contribution in [0.1, 0.15) is 39.2 Å². The summed E-state index contributed by atoms with van der Waals surface area (Å²) in [5.74, 6) is 1.19. The fraction of sp³-hybridized carbons (Fsp3) is 0.600. The van der Waals surface area contributed by atoms with E-state index in [1.807, 2.05) is 33.8 Å². The zero-order valence-electron chi connectivity index (χ0n) is 12.6. The maximum absolute atomic E-state index is 12.3. The molecular formula is C15H22N2O3. The minimum Gasteiger partial charge on any atom is -0.490 e. The van der Waals surface area contributed by atoms with Gasteiger partial charge < -0.3 is 9.47 Å². The third kappa shape index (κ3) is 3.62. The number of rotatable bonds is 0. The van der Waals surface area contributed by atoms with Gasteiger partial charge in [0.15, 0.2) is 11.6 Å². The molecule has 110 valence electrons. The van der Waals surface area contributed by atoms with E-state index < -0.39 is 5.60 Å². The van der Waals surface area contributed by atoms with Crippen LogP contribution in [0.5, 0.6) is 5.75 Å². The summed E-state index contributed by atoms with van der Waals surface area (Å²) in [5.41, 5.74) is 0.485. The highest BCUT2D eigenvalue weighted by Crippen LogP contribution is 2.30. The smallest absolute Gasteiger partial charge is 0.416 e. The van der Waals surface area contributed by atoms with Crippen LogP contribution >= 0.6 is 0 Å². The largest absolute Gasteiger partial charge is 0.490 e. The lowest BCUT2D eigenvalue weighted by Crippen LogP contribution is -2.39. The molecule has 20 heavy (non-hydrogen) atoms. The SMILES string of the molecule is Cc1cnc2c(c1)OCCCCN2C(=O)OC(C)(C)C. The van der Waals surface area contributed by atoms with Crippen molar-refractivity contribution in [2.75, 3.05) is 18.1 Å². The summed E-state index contributed by atoms with van der Waals surface area (Å²) in [4.78, 5) is 18.3. The lowest BCUT2D eigenvalue weighted by Gasteiger charge is -2.29. The van der Waals surface area contributed by atoms with E-state index in [1.165, 1.54) is 0 Å². The predicted molar refractivity (Wildman–Crippen MR) is 77.3 cm³/mol. The summed E-state index contributed by atoms with van der Waals surface area (Å²) in [7, 11) is 0. The molecule has 1 aromatic rings. The van der Waals surface area contributed by atoms with Gasteiger partial charge in [0.25, 0.3) is 0 Å². The molecule has 0 N–H and O–H groups in total. The molecule has 0 aromatic carbocycles. The molecule has 0 aliphatic carbocycles. The van der Waals surface area contributed by atoms with Crippen molar-refractivity contribution in [1.82, 2.24) is 4.98 Å². The number of anilines is 1. The highest BCUT2D eigenvalue weighted by molar-refractivity contribution is 5.88. The number of carbonyl (C=O) groups excluding carboxylic acids is 1. The number of hydrogen-bond donors (Lipinski definition) is 0. The number of pyridine rings is 1. The van der Waals surface area contributed by atoms with Gasteiger partial charge in [0.1, 0.15) is 5.60 Å². The first-order valence-corrected chi connectivity index (χ1v) is 6.97. The molecule has 1 aliphatic rings. The van der Waals surface area contributed by atoms with Crippen LogP contribution in [0.3, 0.4) is 0 Å². The zero-order valence-corrected chi connectivity index (χ0v) is 12.6. The van der Waals surface area contributed by atoms with Crippen LogP contribution in [0.4, 0.5) is 10.6 Å². The van der Waals surface area contributed by atoms with Crippen molar-refractivity contribution in [1.29, 1.82) is 0 Å². The van der Waals surface area contributed by atoms with Gasteiger partial charge in [-0.1, -0.05) is 0 Å². The number of aromatic nitrogens is 1. The molecular weight excluding hydrogens is 256 g/mol. The van der Waals surface area contributed by atoms with E-state index >= 15 is 0 Å². The van der Waals surface area contributed by atoms with Crippen molar-refractivity contribution in [2.45, 2.75) is 46.1 Å². The van der Waals surface area contributed by atoms with Gasteiger partial charge in [-0.3, -0.25) is 4.90 Å². The Balaban J connectivity index is 2.31. The highest BCUT2D eigenvalue weighted by atomic mass is 16.6. The van der Waals surface area contributed by atoms with Gasteiger partial charge in [-0.2, -0.15) is 0 Å². The van der Waals surface area contributed by atoms with Gasteiger partial charge in [-0.05, 0) is 52.2 Å². The number of aryl methyl sites for hydroxylation is 1. The molecule has 0 unspecified atom stereocenters. The standard InChI is InChI=1S/C15H22N2O3/c1-11-9-12-13(16-10-11)17(7-5-6-8-19-12)14(18)20-15(2,3)4/h9-10H,5-8H2,1-4H3. The zero-order chi connectivity index (χ0) is 14.8. The quantitative estimate of drug-likeness (QED) is 0.730. The Morgan fingerprint density at radius 1 is 1.40 bits per heavy atom. The van der Waals surface area contributed by atoms with E-state index in [2.05, 4.69) is 4.98 Å². The molecule has 5 nitrogen and oxygen atoms in total. The molecule has 0 saturated carbocycles. The van der Waals surface area contributed by atoms with Gasteiger partial charge in [0.2, 0.25) is 0 Å². The van der Waals surface area contributed by atoms with Crippen molar-refractivity contribution >= 4 is 11.9 Å². The summed E-state index contributed by atoms with van der Waals surface area (Å²) in [6.45, 7) is 8.77. The normalized spacial score (nSPS) is 15.7. The van der Waals surface area contributed by atoms with Gasteiger partial charge in [-0.25, -0.2) is 9.78 Å². The number of amides is 1. The van der Waals surface area contributed by atoms with Crippen LogP contribution in [0, 0.1) is 6.92 Å². The Kier molecular flexibility index (Phi) is 4.16. The number of fused-ring (bicyclic) bond motifs is 1. The Bertz CT molecular complexity index is 494. The molecule has 0 fully saturated rings. The van der Waals surface area contributed by atoms with E-state index in [-0.39, 0.29) is 6.09 Å². The van der Waals surface area contributed by atoms with Crippen LogP contribution in [-0.4, -0.2) is 29.8 Å². The van der Waals surface area contributed by atoms with Crippen LogP contribution in [-0.2, 0) is 4.74 Å². The lowest BCUT2D eigenvalue weighted by atomic mass is 10.2. The summed E-state index contributed by atoms with van der Waals surface area (Å²) >= 11 is 0. The van der Waals surface area contributed by atoms with Crippen LogP contribution in [0.2, 0.25) is 0 Å². The van der Waals surface area contributed by atoms with Crippen LogP contribution < -0.4 is 9.64 Å². The number of hydrogen-bond acceptors (Lipinski definition) is 4. The van der Waals surface area contributed by atoms with E-state index in [9.17, 15) is 4.79 Å². The Hall–Kier alpha value is -1.78. The molecule has 2 heterocycles. The van der Waals surface area contributed by atoms with Gasteiger partial charge in [0, 0.05) is 12.7 Å². The van der Waals surface area contributed by atoms with Gasteiger partial charge in [0.05, 0.1) is 6.61 Å². The average molecular weight is 278 g/mol. The van der Waals surface area contributed by atoms with Crippen molar-refractivity contribution in [3.8, 4) is 5.75 Å². The maximum Gasteiger partial charge on any atom is 0.416 e. The fourth-order valence-electron chi connectivity index (χ4n) is 2.00. The first-order chi connectivity index (χ1) is 9.37. The van der Waals surface area contributed by atoms with E-state index in [1.54, 1.807) is 11.1 Å². The molecule has 1 aliphatic heterocycles. The summed E-state index contributed by atoms with van der Waals surface area (Å²) < 4.78 is 11.2. The minimum atomic E-state index is -0.523. The van der Waals surface area contributed by atoms with Crippen LogP contribution in [0.15, 0.2) is 12.3 Å². The first kappa shape index (κ1) is 14.6. The third-order valence-corrected chi connectivity index (χ3v) is 2.87. The van der Waals surface area contributed by atoms with Crippen molar-refractivity contribution in [3.05, 3.63) is 17.8 Å². The van der Waals surface area contributed by atoms with Crippen molar-refractivity contribution in [2.24, 2.45) is 0 Å². The summed E-state index contributed by atoms with van der Waals surface area (Å²) in [5, 5.41) is 0. The second-order valence-electron chi connectivity index (χ2n) is 6.02. The number of carbonyl (C=O) groups is 1. The molecule has 0 saturated heterocycles. The lowest BCUT2D eigenvalue weighted by molar-refractivity contribution is 0.0575. The number of ether oxygens (including phenoxy) is 2. The molecule has 1 amide bonds. The minimum absolute atomic E-state index is 0.374. The Morgan fingerprint density at radius 3 is 2.85 bits per heavy atom. The Labute approximate surface area is 119 Å². The molecule has 0 atom stereocenters. The molecule has 5 heteroatoms. The molecule has 1 aromatic heterocycles. The van der Waals surface area contributed by atoms with Crippen molar-refractivity contribution in [3.63, 3.8) is 0 Å². The van der Waals surface area contributed by atoms with Crippen LogP contribution in [0.25, 0.3) is 0 Å².